The summed E-state index contributed by atoms with van der Waals surface area (Å²) in [6, 6.07) is 42.8. The van der Waals surface area contributed by atoms with Crippen molar-refractivity contribution in [3.63, 3.8) is 0 Å². The van der Waals surface area contributed by atoms with E-state index in [4.69, 9.17) is 9.98 Å². The van der Waals surface area contributed by atoms with Crippen molar-refractivity contribution >= 4 is 61.0 Å². The van der Waals surface area contributed by atoms with Gasteiger partial charge in [-0.1, -0.05) is 97.1 Å². The SMILES string of the molecule is Cn1c(-n2c3ccccc3c3ccc4c5ccccc5n(-c5ccccc5)c4c32)nc2c1NCC(c1ccccc1)=N2. The molecule has 0 amide bonds. The third-order valence-corrected chi connectivity index (χ3v) is 8.51. The molecule has 0 atom stereocenters. The first-order valence-electron chi connectivity index (χ1n) is 14.2. The molecule has 200 valence electrons. The molecule has 0 spiro atoms. The number of nitrogens with one attached hydrogen (secondary N) is 1. The summed E-state index contributed by atoms with van der Waals surface area (Å²) in [7, 11) is 2.07. The van der Waals surface area contributed by atoms with Crippen LogP contribution in [0.4, 0.5) is 11.6 Å². The molecule has 0 saturated heterocycles. The van der Waals surface area contributed by atoms with Crippen LogP contribution in [0.1, 0.15) is 5.56 Å². The molecule has 6 nitrogen and oxygen atoms in total. The number of aliphatic imine (C=N–C) groups is 1. The molecule has 0 fully saturated rings. The highest BCUT2D eigenvalue weighted by Crippen LogP contribution is 2.42. The van der Waals surface area contributed by atoms with Gasteiger partial charge in [0.2, 0.25) is 5.95 Å². The molecular formula is C36H26N6. The predicted molar refractivity (Wildman–Crippen MR) is 173 cm³/mol. The Morgan fingerprint density at radius 3 is 1.86 bits per heavy atom. The second kappa shape index (κ2) is 8.69. The van der Waals surface area contributed by atoms with E-state index in [2.05, 4.69) is 129 Å². The summed E-state index contributed by atoms with van der Waals surface area (Å²) < 4.78 is 6.86. The molecule has 6 heteroatoms. The van der Waals surface area contributed by atoms with Gasteiger partial charge >= 0.3 is 0 Å². The van der Waals surface area contributed by atoms with E-state index in [0.29, 0.717) is 12.4 Å². The maximum absolute atomic E-state index is 5.20. The van der Waals surface area contributed by atoms with E-state index in [1.54, 1.807) is 0 Å². The Kier molecular flexibility index (Phi) is 4.78. The van der Waals surface area contributed by atoms with Gasteiger partial charge in [0.15, 0.2) is 11.6 Å². The first-order valence-corrected chi connectivity index (χ1v) is 14.2. The second-order valence-corrected chi connectivity index (χ2v) is 10.8. The van der Waals surface area contributed by atoms with Gasteiger partial charge in [-0.3, -0.25) is 9.13 Å². The third-order valence-electron chi connectivity index (χ3n) is 8.51. The fourth-order valence-electron chi connectivity index (χ4n) is 6.63. The minimum atomic E-state index is 0.648. The van der Waals surface area contributed by atoms with Crippen LogP contribution in [-0.4, -0.2) is 30.9 Å². The Balaban J connectivity index is 1.42. The topological polar surface area (TPSA) is 52.1 Å². The van der Waals surface area contributed by atoms with E-state index < -0.39 is 0 Å². The van der Waals surface area contributed by atoms with E-state index in [1.807, 2.05) is 18.2 Å². The maximum Gasteiger partial charge on any atom is 0.218 e. The fraction of sp³-hybridized carbons (Fsp3) is 0.0556. The van der Waals surface area contributed by atoms with Crippen molar-refractivity contribution in [2.24, 2.45) is 12.0 Å². The van der Waals surface area contributed by atoms with Gasteiger partial charge in [0, 0.05) is 34.3 Å². The van der Waals surface area contributed by atoms with E-state index in [-0.39, 0.29) is 0 Å². The van der Waals surface area contributed by atoms with Crippen molar-refractivity contribution in [3.8, 4) is 11.6 Å². The van der Waals surface area contributed by atoms with Crippen LogP contribution in [0.5, 0.6) is 0 Å². The Morgan fingerprint density at radius 1 is 0.595 bits per heavy atom. The first kappa shape index (κ1) is 23.1. The van der Waals surface area contributed by atoms with Gasteiger partial charge in [0.05, 0.1) is 34.3 Å². The highest BCUT2D eigenvalue weighted by Gasteiger charge is 2.26. The molecule has 8 aromatic rings. The number of imidazole rings is 1. The van der Waals surface area contributed by atoms with E-state index in [1.165, 1.54) is 32.6 Å². The molecule has 42 heavy (non-hydrogen) atoms. The minimum absolute atomic E-state index is 0.648. The van der Waals surface area contributed by atoms with E-state index in [0.717, 1.165) is 39.8 Å². The second-order valence-electron chi connectivity index (χ2n) is 10.8. The third kappa shape index (κ3) is 3.14. The highest BCUT2D eigenvalue weighted by molar-refractivity contribution is 6.23. The number of nitrogens with zero attached hydrogens (tertiary/aromatic N) is 5. The smallest absolute Gasteiger partial charge is 0.218 e. The summed E-state index contributed by atoms with van der Waals surface area (Å²) in [6.07, 6.45) is 0. The molecule has 3 aromatic heterocycles. The lowest BCUT2D eigenvalue weighted by molar-refractivity contribution is 0.850. The Morgan fingerprint density at radius 2 is 1.17 bits per heavy atom. The summed E-state index contributed by atoms with van der Waals surface area (Å²) in [5.74, 6) is 2.46. The van der Waals surface area contributed by atoms with Crippen LogP contribution in [-0.2, 0) is 7.05 Å². The number of benzene rings is 5. The molecule has 1 N–H and O–H groups in total. The summed E-state index contributed by atoms with van der Waals surface area (Å²) in [4.78, 5) is 10.2. The van der Waals surface area contributed by atoms with Crippen molar-refractivity contribution in [1.82, 2.24) is 18.7 Å². The summed E-state index contributed by atoms with van der Waals surface area (Å²) in [6.45, 7) is 0.648. The van der Waals surface area contributed by atoms with Gasteiger partial charge in [-0.2, -0.15) is 4.98 Å². The van der Waals surface area contributed by atoms with Crippen LogP contribution in [0, 0.1) is 0 Å². The lowest BCUT2D eigenvalue weighted by Gasteiger charge is -2.16. The number of anilines is 1. The predicted octanol–water partition coefficient (Wildman–Crippen LogP) is 8.16. The normalized spacial score (nSPS) is 13.1. The number of rotatable bonds is 3. The van der Waals surface area contributed by atoms with Crippen molar-refractivity contribution in [1.29, 1.82) is 0 Å². The highest BCUT2D eigenvalue weighted by atomic mass is 15.3. The molecule has 5 aromatic carbocycles. The summed E-state index contributed by atoms with van der Waals surface area (Å²) in [5, 5.41) is 8.44. The molecule has 1 aliphatic rings. The van der Waals surface area contributed by atoms with E-state index >= 15 is 0 Å². The molecule has 0 aliphatic carbocycles. The number of fused-ring (bicyclic) bond motifs is 8. The van der Waals surface area contributed by atoms with Crippen molar-refractivity contribution in [2.75, 3.05) is 11.9 Å². The molecule has 0 bridgehead atoms. The monoisotopic (exact) mass is 542 g/mol. The molecule has 9 rings (SSSR count). The van der Waals surface area contributed by atoms with Crippen LogP contribution in [0.15, 0.2) is 126 Å². The largest absolute Gasteiger partial charge is 0.363 e. The van der Waals surface area contributed by atoms with Crippen molar-refractivity contribution in [3.05, 3.63) is 127 Å². The van der Waals surface area contributed by atoms with Gasteiger partial charge in [-0.25, -0.2) is 4.99 Å². The molecule has 0 unspecified atom stereocenters. The Bertz CT molecular complexity index is 2350. The number of para-hydroxylation sites is 3. The van der Waals surface area contributed by atoms with Crippen LogP contribution < -0.4 is 5.32 Å². The standard InChI is InChI=1S/C36H26N6/c1-40-35-34(38-29(22-37-35)23-12-4-2-5-13-23)39-36(40)42-31-19-11-9-17-26(31)28-21-20-27-25-16-8-10-18-30(25)41(32(27)33(28)42)24-14-6-3-7-15-24/h2-21,37H,22H2,1H3. The molecule has 0 saturated carbocycles. The van der Waals surface area contributed by atoms with Crippen LogP contribution in [0.25, 0.3) is 55.2 Å². The van der Waals surface area contributed by atoms with Crippen LogP contribution in [0.3, 0.4) is 0 Å². The molecule has 1 aliphatic heterocycles. The molecular weight excluding hydrogens is 516 g/mol. The number of hydrogen-bond donors (Lipinski definition) is 1. The number of hydrogen-bond acceptors (Lipinski definition) is 3. The fourth-order valence-corrected chi connectivity index (χ4v) is 6.63. The minimum Gasteiger partial charge on any atom is -0.363 e. The lowest BCUT2D eigenvalue weighted by Crippen LogP contribution is -2.20. The van der Waals surface area contributed by atoms with Crippen molar-refractivity contribution in [2.45, 2.75) is 0 Å². The summed E-state index contributed by atoms with van der Waals surface area (Å²) >= 11 is 0. The average molecular weight is 543 g/mol. The zero-order valence-corrected chi connectivity index (χ0v) is 23.0. The number of aromatic nitrogens is 4. The maximum atomic E-state index is 5.20. The van der Waals surface area contributed by atoms with Gasteiger partial charge in [0.25, 0.3) is 0 Å². The summed E-state index contributed by atoms with van der Waals surface area (Å²) in [5.41, 5.74) is 7.81. The zero-order chi connectivity index (χ0) is 27.8. The molecule has 4 heterocycles. The zero-order valence-electron chi connectivity index (χ0n) is 23.0. The van der Waals surface area contributed by atoms with Crippen LogP contribution >= 0.6 is 0 Å². The first-order chi connectivity index (χ1) is 20.8. The average Bonchev–Trinajstić information content (AvgIpc) is 3.68. The van der Waals surface area contributed by atoms with Crippen LogP contribution in [0.2, 0.25) is 0 Å². The molecule has 0 radical (unpaired) electrons. The van der Waals surface area contributed by atoms with Gasteiger partial charge in [-0.15, -0.1) is 0 Å². The Labute approximate surface area is 241 Å². The quantitative estimate of drug-likeness (QED) is 0.245. The van der Waals surface area contributed by atoms with Gasteiger partial charge < -0.3 is 9.88 Å². The lowest BCUT2D eigenvalue weighted by atomic mass is 10.1. The Hall–Kier alpha value is -5.62. The van der Waals surface area contributed by atoms with E-state index in [9.17, 15) is 0 Å². The van der Waals surface area contributed by atoms with Gasteiger partial charge in [-0.05, 0) is 29.8 Å². The van der Waals surface area contributed by atoms with Gasteiger partial charge in [0.1, 0.15) is 0 Å². The van der Waals surface area contributed by atoms with Crippen molar-refractivity contribution < 1.29 is 0 Å².